The summed E-state index contributed by atoms with van der Waals surface area (Å²) in [5.41, 5.74) is 8.68. The molecule has 1 aliphatic heterocycles. The molecule has 0 bridgehead atoms. The Bertz CT molecular complexity index is 678. The van der Waals surface area contributed by atoms with Crippen LogP contribution in [0.15, 0.2) is 24.3 Å². The minimum absolute atomic E-state index is 0.265. The van der Waals surface area contributed by atoms with Crippen molar-refractivity contribution < 1.29 is 9.18 Å². The maximum Gasteiger partial charge on any atom is 0.269 e. The van der Waals surface area contributed by atoms with Crippen molar-refractivity contribution in [3.8, 4) is 0 Å². The van der Waals surface area contributed by atoms with E-state index in [0.29, 0.717) is 12.2 Å². The van der Waals surface area contributed by atoms with Gasteiger partial charge in [0, 0.05) is 18.7 Å². The first kappa shape index (κ1) is 13.8. The zero-order valence-corrected chi connectivity index (χ0v) is 11.8. The monoisotopic (exact) mass is 288 g/mol. The average molecular weight is 288 g/mol. The van der Waals surface area contributed by atoms with E-state index >= 15 is 0 Å². The fourth-order valence-electron chi connectivity index (χ4n) is 2.70. The van der Waals surface area contributed by atoms with Gasteiger partial charge in [0.15, 0.2) is 5.69 Å². The number of carbonyl (C=O) groups is 1. The van der Waals surface area contributed by atoms with Gasteiger partial charge in [0.25, 0.3) is 5.91 Å². The van der Waals surface area contributed by atoms with Crippen molar-refractivity contribution in [2.45, 2.75) is 19.5 Å². The molecule has 0 radical (unpaired) electrons. The molecule has 1 aromatic carbocycles. The van der Waals surface area contributed by atoms with Gasteiger partial charge in [-0.25, -0.2) is 4.39 Å². The molecule has 2 aromatic rings. The Hall–Kier alpha value is -2.21. The lowest BCUT2D eigenvalue weighted by molar-refractivity contribution is 0.0993. The normalized spacial score (nSPS) is 15.0. The third kappa shape index (κ3) is 2.67. The lowest BCUT2D eigenvalue weighted by atomic mass is 10.0. The maximum absolute atomic E-state index is 13.0. The van der Waals surface area contributed by atoms with E-state index in [9.17, 15) is 9.18 Å². The van der Waals surface area contributed by atoms with Gasteiger partial charge in [-0.1, -0.05) is 12.1 Å². The largest absolute Gasteiger partial charge is 0.364 e. The lowest BCUT2D eigenvalue weighted by Gasteiger charge is -2.23. The van der Waals surface area contributed by atoms with Crippen LogP contribution >= 0.6 is 0 Å². The molecular formula is C15H17FN4O. The molecule has 110 valence electrons. The highest BCUT2D eigenvalue weighted by Gasteiger charge is 2.25. The van der Waals surface area contributed by atoms with Gasteiger partial charge in [-0.3, -0.25) is 9.48 Å². The summed E-state index contributed by atoms with van der Waals surface area (Å²) >= 11 is 0. The van der Waals surface area contributed by atoms with E-state index in [0.717, 1.165) is 36.3 Å². The van der Waals surface area contributed by atoms with Crippen LogP contribution in [0.5, 0.6) is 0 Å². The SMILES string of the molecule is CN1CCc2c(C(N)=O)nn(Cc3ccc(F)cc3)c2C1. The van der Waals surface area contributed by atoms with Crippen LogP contribution in [0, 0.1) is 5.82 Å². The van der Waals surface area contributed by atoms with Crippen molar-refractivity contribution in [1.29, 1.82) is 0 Å². The van der Waals surface area contributed by atoms with Crippen LogP contribution in [-0.4, -0.2) is 34.2 Å². The standard InChI is InChI=1S/C15H17FN4O/c1-19-7-6-12-13(9-19)20(18-14(12)15(17)21)8-10-2-4-11(16)5-3-10/h2-5H,6-9H2,1H3,(H2,17,21). The molecule has 0 unspecified atom stereocenters. The van der Waals surface area contributed by atoms with Crippen LogP contribution in [0.3, 0.4) is 0 Å². The van der Waals surface area contributed by atoms with Crippen molar-refractivity contribution in [3.05, 3.63) is 52.6 Å². The van der Waals surface area contributed by atoms with E-state index in [1.165, 1.54) is 12.1 Å². The Morgan fingerprint density at radius 2 is 2.10 bits per heavy atom. The first-order valence-electron chi connectivity index (χ1n) is 6.86. The number of hydrogen-bond donors (Lipinski definition) is 1. The summed E-state index contributed by atoms with van der Waals surface area (Å²) < 4.78 is 14.8. The number of hydrogen-bond acceptors (Lipinski definition) is 3. The quantitative estimate of drug-likeness (QED) is 0.921. The van der Waals surface area contributed by atoms with E-state index in [-0.39, 0.29) is 5.82 Å². The number of halogens is 1. The molecule has 5 nitrogen and oxygen atoms in total. The van der Waals surface area contributed by atoms with Crippen molar-refractivity contribution >= 4 is 5.91 Å². The molecule has 0 fully saturated rings. The summed E-state index contributed by atoms with van der Waals surface area (Å²) in [6, 6.07) is 6.29. The summed E-state index contributed by atoms with van der Waals surface area (Å²) in [5, 5.41) is 4.37. The highest BCUT2D eigenvalue weighted by Crippen LogP contribution is 2.22. The molecule has 3 rings (SSSR count). The second-order valence-corrected chi connectivity index (χ2v) is 5.41. The number of nitrogens with zero attached hydrogens (tertiary/aromatic N) is 3. The topological polar surface area (TPSA) is 64.2 Å². The molecule has 1 aromatic heterocycles. The summed E-state index contributed by atoms with van der Waals surface area (Å²) in [5.74, 6) is -0.757. The van der Waals surface area contributed by atoms with E-state index in [1.807, 2.05) is 7.05 Å². The van der Waals surface area contributed by atoms with E-state index < -0.39 is 5.91 Å². The summed E-state index contributed by atoms with van der Waals surface area (Å²) in [4.78, 5) is 13.7. The molecule has 0 spiro atoms. The molecule has 0 saturated carbocycles. The van der Waals surface area contributed by atoms with Gasteiger partial charge in [0.05, 0.1) is 12.2 Å². The van der Waals surface area contributed by atoms with Crippen molar-refractivity contribution in [2.24, 2.45) is 5.73 Å². The Morgan fingerprint density at radius 1 is 1.38 bits per heavy atom. The third-order valence-electron chi connectivity index (χ3n) is 3.81. The summed E-state index contributed by atoms with van der Waals surface area (Å²) in [6.07, 6.45) is 0.771. The highest BCUT2D eigenvalue weighted by molar-refractivity contribution is 5.92. The van der Waals surface area contributed by atoms with Crippen LogP contribution in [-0.2, 0) is 19.5 Å². The second-order valence-electron chi connectivity index (χ2n) is 5.41. The molecule has 1 amide bonds. The third-order valence-corrected chi connectivity index (χ3v) is 3.81. The van der Waals surface area contributed by atoms with Gasteiger partial charge in [0.1, 0.15) is 5.82 Å². The maximum atomic E-state index is 13.0. The number of primary amides is 1. The van der Waals surface area contributed by atoms with Crippen molar-refractivity contribution in [3.63, 3.8) is 0 Å². The molecule has 0 aliphatic carbocycles. The van der Waals surface area contributed by atoms with Gasteiger partial charge in [-0.15, -0.1) is 0 Å². The van der Waals surface area contributed by atoms with Crippen LogP contribution in [0.2, 0.25) is 0 Å². The van der Waals surface area contributed by atoms with Gasteiger partial charge in [-0.05, 0) is 31.2 Å². The van der Waals surface area contributed by atoms with Crippen molar-refractivity contribution in [1.82, 2.24) is 14.7 Å². The smallest absolute Gasteiger partial charge is 0.269 e. The molecule has 0 saturated heterocycles. The lowest BCUT2D eigenvalue weighted by Crippen LogP contribution is -2.28. The van der Waals surface area contributed by atoms with Gasteiger partial charge < -0.3 is 10.6 Å². The number of nitrogens with two attached hydrogens (primary N) is 1. The molecule has 2 N–H and O–H groups in total. The zero-order valence-electron chi connectivity index (χ0n) is 11.8. The van der Waals surface area contributed by atoms with Crippen LogP contribution in [0.4, 0.5) is 4.39 Å². The molecule has 6 heteroatoms. The number of benzene rings is 1. The van der Waals surface area contributed by atoms with E-state index in [4.69, 9.17) is 5.73 Å². The fraction of sp³-hybridized carbons (Fsp3) is 0.333. The molecular weight excluding hydrogens is 271 g/mol. The molecule has 21 heavy (non-hydrogen) atoms. The number of rotatable bonds is 3. The fourth-order valence-corrected chi connectivity index (χ4v) is 2.70. The Morgan fingerprint density at radius 3 is 2.76 bits per heavy atom. The number of fused-ring (bicyclic) bond motifs is 1. The Kier molecular flexibility index (Phi) is 3.47. The van der Waals surface area contributed by atoms with Gasteiger partial charge >= 0.3 is 0 Å². The predicted molar refractivity (Wildman–Crippen MR) is 76.3 cm³/mol. The first-order chi connectivity index (χ1) is 10.0. The van der Waals surface area contributed by atoms with Crippen LogP contribution in [0.25, 0.3) is 0 Å². The Labute approximate surface area is 122 Å². The highest BCUT2D eigenvalue weighted by atomic mass is 19.1. The molecule has 0 atom stereocenters. The predicted octanol–water partition coefficient (Wildman–Crippen LogP) is 1.16. The number of carbonyl (C=O) groups excluding carboxylic acids is 1. The Balaban J connectivity index is 1.98. The minimum Gasteiger partial charge on any atom is -0.364 e. The van der Waals surface area contributed by atoms with Gasteiger partial charge in [-0.2, -0.15) is 5.10 Å². The van der Waals surface area contributed by atoms with Crippen LogP contribution < -0.4 is 5.73 Å². The summed E-state index contributed by atoms with van der Waals surface area (Å²) in [6.45, 7) is 2.12. The number of aromatic nitrogens is 2. The second kappa shape index (κ2) is 5.29. The average Bonchev–Trinajstić information content (AvgIpc) is 2.80. The minimum atomic E-state index is -0.492. The number of amides is 1. The first-order valence-corrected chi connectivity index (χ1v) is 6.86. The van der Waals surface area contributed by atoms with E-state index in [2.05, 4.69) is 10.00 Å². The molecule has 1 aliphatic rings. The molecule has 2 heterocycles. The van der Waals surface area contributed by atoms with Crippen LogP contribution in [0.1, 0.15) is 27.3 Å². The zero-order chi connectivity index (χ0) is 15.0. The van der Waals surface area contributed by atoms with Gasteiger partial charge in [0.2, 0.25) is 0 Å². The van der Waals surface area contributed by atoms with E-state index in [1.54, 1.807) is 16.8 Å². The number of likely N-dealkylation sites (N-methyl/N-ethyl adjacent to an activating group) is 1. The van der Waals surface area contributed by atoms with Crippen molar-refractivity contribution in [2.75, 3.05) is 13.6 Å². The summed E-state index contributed by atoms with van der Waals surface area (Å²) in [7, 11) is 2.03.